The van der Waals surface area contributed by atoms with Crippen molar-refractivity contribution in [1.29, 1.82) is 0 Å². The van der Waals surface area contributed by atoms with Gasteiger partial charge in [-0.05, 0) is 30.5 Å². The first-order chi connectivity index (χ1) is 8.49. The molecule has 0 unspecified atom stereocenters. The molecule has 0 fully saturated rings. The summed E-state index contributed by atoms with van der Waals surface area (Å²) in [7, 11) is 2.03. The molecule has 0 radical (unpaired) electrons. The smallest absolute Gasteiger partial charge is 0.147 e. The number of nitrogens with one attached hydrogen (secondary N) is 1. The number of fused-ring (bicyclic) bond motifs is 1. The van der Waals surface area contributed by atoms with Crippen molar-refractivity contribution in [2.45, 2.75) is 26.7 Å². The van der Waals surface area contributed by atoms with Crippen LogP contribution < -0.4 is 11.2 Å². The van der Waals surface area contributed by atoms with E-state index in [0.717, 1.165) is 11.0 Å². The molecule has 0 spiro atoms. The predicted octanol–water partition coefficient (Wildman–Crippen LogP) is 2.40. The molecule has 2 rings (SSSR count). The maximum Gasteiger partial charge on any atom is 0.147 e. The summed E-state index contributed by atoms with van der Waals surface area (Å²) in [4.78, 5) is 4.59. The number of rotatable bonds is 3. The zero-order chi connectivity index (χ0) is 13.3. The maximum atomic E-state index is 5.49. The Morgan fingerprint density at radius 3 is 2.78 bits per heavy atom. The fourth-order valence-corrected chi connectivity index (χ4v) is 1.92. The molecule has 0 aromatic carbocycles. The number of aromatic nitrogens is 2. The van der Waals surface area contributed by atoms with E-state index in [1.807, 2.05) is 19.2 Å². The van der Waals surface area contributed by atoms with Gasteiger partial charge in [-0.3, -0.25) is 5.43 Å². The Bertz CT molecular complexity index is 591. The number of nitrogens with two attached hydrogens (primary N) is 1. The van der Waals surface area contributed by atoms with Gasteiger partial charge in [-0.25, -0.2) is 4.98 Å². The van der Waals surface area contributed by atoms with E-state index in [4.69, 9.17) is 5.73 Å². The largest absolute Gasteiger partial charge is 0.386 e. The van der Waals surface area contributed by atoms with Crippen molar-refractivity contribution in [3.63, 3.8) is 0 Å². The van der Waals surface area contributed by atoms with E-state index in [2.05, 4.69) is 40.1 Å². The van der Waals surface area contributed by atoms with Crippen LogP contribution in [0.25, 0.3) is 11.0 Å². The fourth-order valence-electron chi connectivity index (χ4n) is 1.92. The molecule has 0 amide bonds. The topological polar surface area (TPSA) is 68.2 Å². The summed E-state index contributed by atoms with van der Waals surface area (Å²) < 4.78 is 2.10. The van der Waals surface area contributed by atoms with Gasteiger partial charge >= 0.3 is 0 Å². The number of hydrazone groups is 1. The highest BCUT2D eigenvalue weighted by molar-refractivity contribution is 5.82. The number of hydrogen-bond donors (Lipinski definition) is 2. The Labute approximate surface area is 107 Å². The minimum Gasteiger partial charge on any atom is -0.386 e. The summed E-state index contributed by atoms with van der Waals surface area (Å²) >= 11 is 0. The van der Waals surface area contributed by atoms with Gasteiger partial charge in [0.2, 0.25) is 0 Å². The predicted molar refractivity (Wildman–Crippen MR) is 75.7 cm³/mol. The lowest BCUT2D eigenvalue weighted by Crippen LogP contribution is -2.08. The Balaban J connectivity index is 2.49. The molecular formula is C13H19N5. The Morgan fingerprint density at radius 1 is 1.44 bits per heavy atom. The zero-order valence-electron chi connectivity index (χ0n) is 11.2. The lowest BCUT2D eigenvalue weighted by atomic mass is 10.1. The molecule has 0 aliphatic heterocycles. The molecule has 5 heteroatoms. The molecule has 0 saturated carbocycles. The van der Waals surface area contributed by atoms with Gasteiger partial charge in [-0.1, -0.05) is 13.8 Å². The van der Waals surface area contributed by atoms with Crippen molar-refractivity contribution >= 4 is 22.7 Å². The molecule has 18 heavy (non-hydrogen) atoms. The first kappa shape index (κ1) is 12.4. The molecule has 0 saturated heterocycles. The van der Waals surface area contributed by atoms with Gasteiger partial charge in [0.1, 0.15) is 11.7 Å². The van der Waals surface area contributed by atoms with Gasteiger partial charge in [0.25, 0.3) is 0 Å². The van der Waals surface area contributed by atoms with Crippen molar-refractivity contribution in [2.24, 2.45) is 17.9 Å². The van der Waals surface area contributed by atoms with Crippen LogP contribution in [-0.4, -0.2) is 15.4 Å². The van der Waals surface area contributed by atoms with Crippen molar-refractivity contribution in [3.8, 4) is 0 Å². The highest BCUT2D eigenvalue weighted by atomic mass is 15.3. The molecule has 0 atom stereocenters. The molecule has 0 aliphatic rings. The third-order valence-electron chi connectivity index (χ3n) is 2.83. The third kappa shape index (κ3) is 2.30. The molecule has 2 heterocycles. The second-order valence-electron chi connectivity index (χ2n) is 4.78. The summed E-state index contributed by atoms with van der Waals surface area (Å²) in [6.45, 7) is 6.06. The monoisotopic (exact) mass is 245 g/mol. The average molecular weight is 245 g/mol. The van der Waals surface area contributed by atoms with Gasteiger partial charge in [-0.2, -0.15) is 5.10 Å². The number of amidine groups is 1. The van der Waals surface area contributed by atoms with Gasteiger partial charge in [0.15, 0.2) is 0 Å². The third-order valence-corrected chi connectivity index (χ3v) is 2.83. The van der Waals surface area contributed by atoms with Crippen molar-refractivity contribution in [2.75, 3.05) is 5.43 Å². The number of nitrogens with zero attached hydrogens (tertiary/aromatic N) is 3. The number of hydrogen-bond acceptors (Lipinski definition) is 3. The van der Waals surface area contributed by atoms with E-state index < -0.39 is 0 Å². The van der Waals surface area contributed by atoms with Crippen LogP contribution in [0.2, 0.25) is 0 Å². The number of pyridine rings is 1. The summed E-state index contributed by atoms with van der Waals surface area (Å²) in [6, 6.07) is 3.94. The summed E-state index contributed by atoms with van der Waals surface area (Å²) in [5.74, 6) is 1.63. The SMILES string of the molecule is C/C(N)=N/Nc1ccc2c(n1)c(C(C)C)cn2C. The van der Waals surface area contributed by atoms with Gasteiger partial charge in [0.05, 0.1) is 11.0 Å². The van der Waals surface area contributed by atoms with Crippen molar-refractivity contribution in [1.82, 2.24) is 9.55 Å². The Morgan fingerprint density at radius 2 is 2.17 bits per heavy atom. The molecule has 2 aromatic heterocycles. The van der Waals surface area contributed by atoms with E-state index in [0.29, 0.717) is 17.6 Å². The normalized spacial score (nSPS) is 12.4. The summed E-state index contributed by atoms with van der Waals surface area (Å²) in [6.07, 6.45) is 2.13. The lowest BCUT2D eigenvalue weighted by molar-refractivity contribution is 0.855. The summed E-state index contributed by atoms with van der Waals surface area (Å²) in [5.41, 5.74) is 11.7. The lowest BCUT2D eigenvalue weighted by Gasteiger charge is -2.04. The Kier molecular flexibility index (Phi) is 3.23. The standard InChI is InChI=1S/C13H19N5/c1-8(2)10-7-18(4)11-5-6-12(15-13(10)11)17-16-9(3)14/h5-8H,1-4H3,(H2,14,16)(H,15,17). The second-order valence-corrected chi connectivity index (χ2v) is 4.78. The second kappa shape index (κ2) is 4.68. The van der Waals surface area contributed by atoms with E-state index >= 15 is 0 Å². The Hall–Kier alpha value is -2.04. The van der Waals surface area contributed by atoms with Crippen LogP contribution in [0.15, 0.2) is 23.4 Å². The molecule has 96 valence electrons. The minimum absolute atomic E-state index is 0.441. The van der Waals surface area contributed by atoms with Gasteiger partial charge < -0.3 is 10.3 Å². The quantitative estimate of drug-likeness (QED) is 0.495. The maximum absolute atomic E-state index is 5.49. The van der Waals surface area contributed by atoms with Crippen LogP contribution in [0.5, 0.6) is 0 Å². The molecule has 5 nitrogen and oxygen atoms in total. The van der Waals surface area contributed by atoms with E-state index in [1.165, 1.54) is 5.56 Å². The molecule has 3 N–H and O–H groups in total. The molecule has 2 aromatic rings. The zero-order valence-corrected chi connectivity index (χ0v) is 11.2. The number of aryl methyl sites for hydroxylation is 1. The van der Waals surface area contributed by atoms with Crippen molar-refractivity contribution < 1.29 is 0 Å². The van der Waals surface area contributed by atoms with E-state index in [-0.39, 0.29) is 0 Å². The van der Waals surface area contributed by atoms with E-state index in [9.17, 15) is 0 Å². The van der Waals surface area contributed by atoms with Crippen LogP contribution in [-0.2, 0) is 7.05 Å². The molecule has 0 aliphatic carbocycles. The van der Waals surface area contributed by atoms with Crippen molar-refractivity contribution in [3.05, 3.63) is 23.9 Å². The summed E-state index contributed by atoms with van der Waals surface area (Å²) in [5, 5.41) is 3.96. The van der Waals surface area contributed by atoms with Crippen LogP contribution in [0.1, 0.15) is 32.3 Å². The average Bonchev–Trinajstić information content (AvgIpc) is 2.64. The first-order valence-electron chi connectivity index (χ1n) is 6.00. The van der Waals surface area contributed by atoms with Crippen LogP contribution in [0.4, 0.5) is 5.82 Å². The van der Waals surface area contributed by atoms with Crippen LogP contribution >= 0.6 is 0 Å². The minimum atomic E-state index is 0.441. The highest BCUT2D eigenvalue weighted by Crippen LogP contribution is 2.26. The molecular weight excluding hydrogens is 226 g/mol. The first-order valence-corrected chi connectivity index (χ1v) is 6.00. The van der Waals surface area contributed by atoms with Gasteiger partial charge in [0, 0.05) is 13.2 Å². The van der Waals surface area contributed by atoms with Crippen LogP contribution in [0.3, 0.4) is 0 Å². The highest BCUT2D eigenvalue weighted by Gasteiger charge is 2.11. The van der Waals surface area contributed by atoms with Crippen LogP contribution in [0, 0.1) is 0 Å². The number of anilines is 1. The fraction of sp³-hybridized carbons (Fsp3) is 0.385. The molecule has 0 bridgehead atoms. The van der Waals surface area contributed by atoms with E-state index in [1.54, 1.807) is 6.92 Å². The van der Waals surface area contributed by atoms with Gasteiger partial charge in [-0.15, -0.1) is 0 Å².